The van der Waals surface area contributed by atoms with Crippen molar-refractivity contribution in [3.8, 4) is 0 Å². The maximum Gasteiger partial charge on any atom is 0.337 e. The quantitative estimate of drug-likeness (QED) is 0.622. The summed E-state index contributed by atoms with van der Waals surface area (Å²) in [6.45, 7) is 0.107. The zero-order chi connectivity index (χ0) is 17.5. The minimum atomic E-state index is -0.779. The Morgan fingerprint density at radius 3 is 2.21 bits per heavy atom. The van der Waals surface area contributed by atoms with Gasteiger partial charge in [-0.25, -0.2) is 4.79 Å². The second-order valence-corrected chi connectivity index (χ2v) is 5.95. The van der Waals surface area contributed by atoms with Crippen LogP contribution in [0.5, 0.6) is 0 Å². The highest BCUT2D eigenvalue weighted by molar-refractivity contribution is 7.98. The van der Waals surface area contributed by atoms with Gasteiger partial charge >= 0.3 is 5.97 Å². The third-order valence-corrected chi connectivity index (χ3v) is 4.27. The molecule has 5 nitrogen and oxygen atoms in total. The third kappa shape index (κ3) is 4.59. The Bertz CT molecular complexity index is 698. The van der Waals surface area contributed by atoms with Crippen LogP contribution in [-0.4, -0.2) is 36.9 Å². The van der Waals surface area contributed by atoms with Crippen molar-refractivity contribution in [3.63, 3.8) is 0 Å². The van der Waals surface area contributed by atoms with Crippen LogP contribution in [0.1, 0.15) is 32.4 Å². The highest BCUT2D eigenvalue weighted by atomic mass is 32.2. The number of nitrogens with one attached hydrogen (secondary N) is 1. The van der Waals surface area contributed by atoms with E-state index in [1.54, 1.807) is 23.9 Å². The largest absolute Gasteiger partial charge is 0.465 e. The van der Waals surface area contributed by atoms with Gasteiger partial charge in [0, 0.05) is 17.0 Å². The number of hydrogen-bond acceptors (Lipinski definition) is 5. The number of amides is 1. The van der Waals surface area contributed by atoms with Crippen LogP contribution in [0.2, 0.25) is 0 Å². The number of benzene rings is 2. The molecule has 0 unspecified atom stereocenters. The zero-order valence-corrected chi connectivity index (χ0v) is 14.3. The predicted molar refractivity (Wildman–Crippen MR) is 93.3 cm³/mol. The molecule has 0 aromatic heterocycles. The van der Waals surface area contributed by atoms with E-state index in [-0.39, 0.29) is 12.5 Å². The van der Waals surface area contributed by atoms with E-state index < -0.39 is 12.1 Å². The lowest BCUT2D eigenvalue weighted by atomic mass is 10.1. The fourth-order valence-electron chi connectivity index (χ4n) is 2.11. The van der Waals surface area contributed by atoms with Crippen LogP contribution in [0.25, 0.3) is 0 Å². The maximum absolute atomic E-state index is 12.1. The van der Waals surface area contributed by atoms with Crippen molar-refractivity contribution in [1.29, 1.82) is 0 Å². The van der Waals surface area contributed by atoms with Gasteiger partial charge in [-0.15, -0.1) is 11.8 Å². The molecule has 0 aliphatic heterocycles. The Morgan fingerprint density at radius 1 is 1.08 bits per heavy atom. The number of hydrogen-bond donors (Lipinski definition) is 2. The molecule has 2 aromatic rings. The molecule has 0 saturated carbocycles. The van der Waals surface area contributed by atoms with Gasteiger partial charge in [-0.2, -0.15) is 0 Å². The zero-order valence-electron chi connectivity index (χ0n) is 13.5. The summed E-state index contributed by atoms with van der Waals surface area (Å²) in [6.07, 6.45) is 1.20. The maximum atomic E-state index is 12.1. The molecule has 0 fully saturated rings. The van der Waals surface area contributed by atoms with Crippen molar-refractivity contribution in [2.75, 3.05) is 19.9 Å². The number of methoxy groups -OCH3 is 1. The third-order valence-electron chi connectivity index (χ3n) is 3.52. The van der Waals surface area contributed by atoms with Gasteiger partial charge in [0.05, 0.1) is 18.8 Å². The smallest absolute Gasteiger partial charge is 0.337 e. The van der Waals surface area contributed by atoms with Crippen LogP contribution in [0, 0.1) is 0 Å². The summed E-state index contributed by atoms with van der Waals surface area (Å²) in [4.78, 5) is 24.6. The Kier molecular flexibility index (Phi) is 6.40. The van der Waals surface area contributed by atoms with Crippen molar-refractivity contribution in [1.82, 2.24) is 5.32 Å². The van der Waals surface area contributed by atoms with E-state index in [2.05, 4.69) is 10.1 Å². The summed E-state index contributed by atoms with van der Waals surface area (Å²) in [5, 5.41) is 12.8. The molecule has 0 radical (unpaired) electrons. The molecule has 0 heterocycles. The SMILES string of the molecule is COC(=O)c1ccc(C(=O)NC[C@@H](O)c2ccc(SC)cc2)cc1. The summed E-state index contributed by atoms with van der Waals surface area (Å²) < 4.78 is 4.61. The van der Waals surface area contributed by atoms with Crippen LogP contribution in [0.15, 0.2) is 53.4 Å². The van der Waals surface area contributed by atoms with Gasteiger partial charge in [-0.05, 0) is 48.2 Å². The second-order valence-electron chi connectivity index (χ2n) is 5.07. The van der Waals surface area contributed by atoms with Gasteiger partial charge in [0.25, 0.3) is 5.91 Å². The molecule has 2 aromatic carbocycles. The number of esters is 1. The molecule has 0 spiro atoms. The van der Waals surface area contributed by atoms with Crippen LogP contribution >= 0.6 is 11.8 Å². The molecule has 2 N–H and O–H groups in total. The number of carbonyl (C=O) groups is 2. The molecule has 1 amide bonds. The molecule has 2 rings (SSSR count). The Labute approximate surface area is 145 Å². The van der Waals surface area contributed by atoms with E-state index in [0.717, 1.165) is 10.5 Å². The molecule has 24 heavy (non-hydrogen) atoms. The molecule has 126 valence electrons. The summed E-state index contributed by atoms with van der Waals surface area (Å²) in [7, 11) is 1.30. The van der Waals surface area contributed by atoms with Crippen molar-refractivity contribution >= 4 is 23.6 Å². The standard InChI is InChI=1S/C18H19NO4S/c1-23-18(22)14-5-3-13(4-6-14)17(21)19-11-16(20)12-7-9-15(24-2)10-8-12/h3-10,16,20H,11H2,1-2H3,(H,19,21)/t16-/m1/s1. The Hall–Kier alpha value is -2.31. The first-order valence-corrected chi connectivity index (χ1v) is 8.56. The molecular weight excluding hydrogens is 326 g/mol. The number of thioether (sulfide) groups is 1. The number of aliphatic hydroxyl groups excluding tert-OH is 1. The molecule has 0 aliphatic rings. The lowest BCUT2D eigenvalue weighted by molar-refractivity contribution is 0.0600. The normalized spacial score (nSPS) is 11.6. The lowest BCUT2D eigenvalue weighted by Gasteiger charge is -2.13. The molecule has 6 heteroatoms. The summed E-state index contributed by atoms with van der Waals surface area (Å²) >= 11 is 1.63. The van der Waals surface area contributed by atoms with Crippen molar-refractivity contribution in [2.45, 2.75) is 11.0 Å². The highest BCUT2D eigenvalue weighted by Crippen LogP contribution is 2.18. The fraction of sp³-hybridized carbons (Fsp3) is 0.222. The molecule has 1 atom stereocenters. The minimum absolute atomic E-state index is 0.107. The van der Waals surface area contributed by atoms with Gasteiger partial charge in [0.2, 0.25) is 0 Å². The Morgan fingerprint density at radius 2 is 1.67 bits per heavy atom. The number of carbonyl (C=O) groups excluding carboxylic acids is 2. The summed E-state index contributed by atoms with van der Waals surface area (Å²) in [6, 6.07) is 13.7. The van der Waals surface area contributed by atoms with Crippen molar-refractivity contribution in [2.24, 2.45) is 0 Å². The highest BCUT2D eigenvalue weighted by Gasteiger charge is 2.12. The van der Waals surface area contributed by atoms with E-state index in [0.29, 0.717) is 11.1 Å². The predicted octanol–water partition coefficient (Wildman–Crippen LogP) is 2.66. The van der Waals surface area contributed by atoms with Gasteiger partial charge in [0.15, 0.2) is 0 Å². The average molecular weight is 345 g/mol. The van der Waals surface area contributed by atoms with Gasteiger partial charge in [0.1, 0.15) is 0 Å². The first-order chi connectivity index (χ1) is 11.5. The molecule has 0 saturated heterocycles. The van der Waals surface area contributed by atoms with Gasteiger partial charge in [-0.3, -0.25) is 4.79 Å². The Balaban J connectivity index is 1.93. The number of rotatable bonds is 6. The van der Waals surface area contributed by atoms with Crippen LogP contribution in [0.3, 0.4) is 0 Å². The number of aliphatic hydroxyl groups is 1. The van der Waals surface area contributed by atoms with Crippen molar-refractivity contribution < 1.29 is 19.4 Å². The average Bonchev–Trinajstić information content (AvgIpc) is 2.65. The van der Waals surface area contributed by atoms with Crippen LogP contribution in [-0.2, 0) is 4.74 Å². The monoisotopic (exact) mass is 345 g/mol. The summed E-state index contributed by atoms with van der Waals surface area (Å²) in [5.41, 5.74) is 1.53. The van der Waals surface area contributed by atoms with Gasteiger partial charge in [-0.1, -0.05) is 12.1 Å². The fourth-order valence-corrected chi connectivity index (χ4v) is 2.52. The van der Waals surface area contributed by atoms with Crippen LogP contribution < -0.4 is 5.32 Å². The van der Waals surface area contributed by atoms with Crippen LogP contribution in [0.4, 0.5) is 0 Å². The lowest BCUT2D eigenvalue weighted by Crippen LogP contribution is -2.28. The van der Waals surface area contributed by atoms with E-state index in [1.165, 1.54) is 19.2 Å². The van der Waals surface area contributed by atoms with E-state index in [1.807, 2.05) is 30.5 Å². The molecule has 0 aliphatic carbocycles. The number of ether oxygens (including phenoxy) is 1. The van der Waals surface area contributed by atoms with E-state index in [4.69, 9.17) is 0 Å². The topological polar surface area (TPSA) is 75.6 Å². The van der Waals surface area contributed by atoms with Crippen molar-refractivity contribution in [3.05, 3.63) is 65.2 Å². The second kappa shape index (κ2) is 8.52. The van der Waals surface area contributed by atoms with E-state index in [9.17, 15) is 14.7 Å². The molecule has 0 bridgehead atoms. The molecular formula is C18H19NO4S. The summed E-state index contributed by atoms with van der Waals surface area (Å²) in [5.74, 6) is -0.766. The van der Waals surface area contributed by atoms with E-state index >= 15 is 0 Å². The minimum Gasteiger partial charge on any atom is -0.465 e. The first kappa shape index (κ1) is 18.0. The first-order valence-electron chi connectivity index (χ1n) is 7.33. The van der Waals surface area contributed by atoms with Gasteiger partial charge < -0.3 is 15.2 Å².